The van der Waals surface area contributed by atoms with E-state index in [2.05, 4.69) is 108 Å². The second-order valence-corrected chi connectivity index (χ2v) is 9.62. The van der Waals surface area contributed by atoms with Gasteiger partial charge in [0.25, 0.3) is 0 Å². The van der Waals surface area contributed by atoms with Crippen LogP contribution in [0.1, 0.15) is 25.0 Å². The summed E-state index contributed by atoms with van der Waals surface area (Å²) in [7, 11) is 0. The Morgan fingerprint density at radius 2 is 1.29 bits per heavy atom. The van der Waals surface area contributed by atoms with Gasteiger partial charge < -0.3 is 9.47 Å². The van der Waals surface area contributed by atoms with Gasteiger partial charge in [0.15, 0.2) is 0 Å². The Hall–Kier alpha value is -4.44. The number of anilines is 3. The van der Waals surface area contributed by atoms with Gasteiger partial charge in [0.1, 0.15) is 0 Å². The van der Waals surface area contributed by atoms with Crippen LogP contribution in [-0.4, -0.2) is 14.5 Å². The smallest absolute Gasteiger partial charge is 0.0963 e. The first-order chi connectivity index (χ1) is 17.1. The van der Waals surface area contributed by atoms with Crippen molar-refractivity contribution in [2.75, 3.05) is 4.90 Å². The number of hydrogen-bond donors (Lipinski definition) is 0. The maximum atomic E-state index is 4.73. The second-order valence-electron chi connectivity index (χ2n) is 9.62. The van der Waals surface area contributed by atoms with E-state index in [0.29, 0.717) is 0 Å². The van der Waals surface area contributed by atoms with Crippen LogP contribution in [-0.2, 0) is 5.41 Å². The lowest BCUT2D eigenvalue weighted by molar-refractivity contribution is 0.632. The van der Waals surface area contributed by atoms with Crippen molar-refractivity contribution in [3.05, 3.63) is 121 Å². The molecule has 0 radical (unpaired) electrons. The topological polar surface area (TPSA) is 34.0 Å². The summed E-state index contributed by atoms with van der Waals surface area (Å²) in [6.07, 6.45) is 5.76. The summed E-state index contributed by atoms with van der Waals surface area (Å²) in [4.78, 5) is 11.8. The molecule has 0 aliphatic carbocycles. The van der Waals surface area contributed by atoms with Gasteiger partial charge >= 0.3 is 0 Å². The number of nitrogens with zero attached hydrogens (tertiary/aromatic N) is 4. The Morgan fingerprint density at radius 3 is 2.06 bits per heavy atom. The van der Waals surface area contributed by atoms with Crippen molar-refractivity contribution >= 4 is 39.0 Å². The zero-order chi connectivity index (χ0) is 23.6. The molecule has 0 fully saturated rings. The monoisotopic (exact) mass is 452 g/mol. The highest BCUT2D eigenvalue weighted by Crippen LogP contribution is 2.51. The number of aromatic nitrogens is 3. The number of fused-ring (bicyclic) bond motifs is 5. The molecule has 4 heteroatoms. The quantitative estimate of drug-likeness (QED) is 0.270. The summed E-state index contributed by atoms with van der Waals surface area (Å²) in [6, 6.07) is 32.2. The van der Waals surface area contributed by atoms with Crippen LogP contribution in [0.15, 0.2) is 110 Å². The van der Waals surface area contributed by atoms with Crippen molar-refractivity contribution in [3.8, 4) is 5.69 Å². The van der Waals surface area contributed by atoms with Crippen molar-refractivity contribution in [3.63, 3.8) is 0 Å². The van der Waals surface area contributed by atoms with Crippen molar-refractivity contribution in [1.82, 2.24) is 14.5 Å². The van der Waals surface area contributed by atoms with E-state index in [-0.39, 0.29) is 5.41 Å². The molecule has 0 spiro atoms. The van der Waals surface area contributed by atoms with Crippen molar-refractivity contribution < 1.29 is 0 Å². The van der Waals surface area contributed by atoms with E-state index in [1.807, 2.05) is 24.7 Å². The van der Waals surface area contributed by atoms with Crippen LogP contribution in [0.5, 0.6) is 0 Å². The average Bonchev–Trinajstić information content (AvgIpc) is 3.24. The molecule has 0 saturated carbocycles. The highest BCUT2D eigenvalue weighted by Gasteiger charge is 2.36. The molecule has 3 aromatic carbocycles. The fourth-order valence-electron chi connectivity index (χ4n) is 5.67. The van der Waals surface area contributed by atoms with Crippen molar-refractivity contribution in [2.24, 2.45) is 0 Å². The van der Waals surface area contributed by atoms with E-state index in [9.17, 15) is 0 Å². The molecule has 0 unspecified atom stereocenters. The highest BCUT2D eigenvalue weighted by molar-refractivity contribution is 6.07. The van der Waals surface area contributed by atoms with Gasteiger partial charge in [0.05, 0.1) is 51.7 Å². The summed E-state index contributed by atoms with van der Waals surface area (Å²) in [5.74, 6) is 0. The fourth-order valence-corrected chi connectivity index (χ4v) is 5.67. The van der Waals surface area contributed by atoms with Gasteiger partial charge in [-0.3, -0.25) is 9.97 Å². The SMILES string of the molecule is CC1(C)c2ccccc2N(c2cncc(-n3c4ccccc4c4ncccc43)c2)c2ccccc21. The van der Waals surface area contributed by atoms with Crippen LogP contribution in [0.2, 0.25) is 0 Å². The lowest BCUT2D eigenvalue weighted by atomic mass is 9.73. The zero-order valence-corrected chi connectivity index (χ0v) is 19.7. The molecule has 4 nitrogen and oxygen atoms in total. The molecular formula is C31H24N4. The molecule has 0 N–H and O–H groups in total. The number of benzene rings is 3. The van der Waals surface area contributed by atoms with Gasteiger partial charge in [0.2, 0.25) is 0 Å². The van der Waals surface area contributed by atoms with Gasteiger partial charge in [-0.1, -0.05) is 68.4 Å². The number of para-hydroxylation sites is 3. The lowest BCUT2D eigenvalue weighted by Gasteiger charge is -2.41. The van der Waals surface area contributed by atoms with Crippen molar-refractivity contribution in [1.29, 1.82) is 0 Å². The van der Waals surface area contributed by atoms with Gasteiger partial charge in [-0.2, -0.15) is 0 Å². The van der Waals surface area contributed by atoms with Gasteiger partial charge in [-0.05, 0) is 47.5 Å². The summed E-state index contributed by atoms with van der Waals surface area (Å²) in [6.45, 7) is 4.61. The highest BCUT2D eigenvalue weighted by atomic mass is 15.2. The first-order valence-corrected chi connectivity index (χ1v) is 11.9. The summed E-state index contributed by atoms with van der Waals surface area (Å²) in [5.41, 5.74) is 10.2. The predicted octanol–water partition coefficient (Wildman–Crippen LogP) is 7.68. The van der Waals surface area contributed by atoms with Gasteiger partial charge in [-0.15, -0.1) is 0 Å². The Bertz CT molecular complexity index is 1640. The molecule has 168 valence electrons. The zero-order valence-electron chi connectivity index (χ0n) is 19.7. The molecule has 0 amide bonds. The number of hydrogen-bond acceptors (Lipinski definition) is 3. The number of rotatable bonds is 2. The minimum Gasteiger partial charge on any atom is -0.308 e. The third-order valence-corrected chi connectivity index (χ3v) is 7.29. The van der Waals surface area contributed by atoms with Crippen LogP contribution in [0.4, 0.5) is 17.1 Å². The van der Waals surface area contributed by atoms with E-state index < -0.39 is 0 Å². The summed E-state index contributed by atoms with van der Waals surface area (Å²) < 4.78 is 2.26. The third-order valence-electron chi connectivity index (χ3n) is 7.29. The van der Waals surface area contributed by atoms with Crippen LogP contribution in [0.3, 0.4) is 0 Å². The third kappa shape index (κ3) is 2.80. The fraction of sp³-hybridized carbons (Fsp3) is 0.0968. The molecule has 35 heavy (non-hydrogen) atoms. The maximum Gasteiger partial charge on any atom is 0.0963 e. The van der Waals surface area contributed by atoms with E-state index in [0.717, 1.165) is 33.3 Å². The van der Waals surface area contributed by atoms with E-state index >= 15 is 0 Å². The minimum absolute atomic E-state index is 0.0901. The minimum atomic E-state index is -0.0901. The molecule has 1 aliphatic rings. The molecule has 7 rings (SSSR count). The van der Waals surface area contributed by atoms with Gasteiger partial charge in [0, 0.05) is 17.0 Å². The van der Waals surface area contributed by atoms with E-state index in [1.54, 1.807) is 0 Å². The molecule has 6 aromatic rings. The Kier molecular flexibility index (Phi) is 4.15. The second kappa shape index (κ2) is 7.28. The predicted molar refractivity (Wildman–Crippen MR) is 143 cm³/mol. The molecule has 0 saturated heterocycles. The molecular weight excluding hydrogens is 428 g/mol. The van der Waals surface area contributed by atoms with E-state index in [4.69, 9.17) is 9.97 Å². The first-order valence-electron chi connectivity index (χ1n) is 11.9. The molecule has 0 bridgehead atoms. The maximum absolute atomic E-state index is 4.73. The largest absolute Gasteiger partial charge is 0.308 e. The molecule has 3 aromatic heterocycles. The van der Waals surface area contributed by atoms with Crippen LogP contribution < -0.4 is 4.90 Å². The lowest BCUT2D eigenvalue weighted by Crippen LogP contribution is -2.30. The Labute approximate surface area is 204 Å². The molecule has 4 heterocycles. The summed E-state index contributed by atoms with van der Waals surface area (Å²) >= 11 is 0. The normalized spacial score (nSPS) is 14.2. The van der Waals surface area contributed by atoms with Crippen LogP contribution in [0.25, 0.3) is 27.6 Å². The average molecular weight is 453 g/mol. The standard InChI is InChI=1S/C31H24N4/c1-31(2)24-11-4-7-14-27(24)35(28-15-8-5-12-25(28)31)22-18-21(19-32-20-22)34-26-13-6-3-10-23(26)30-29(34)16-9-17-33-30/h3-20H,1-2H3. The summed E-state index contributed by atoms with van der Waals surface area (Å²) in [5, 5.41) is 1.14. The van der Waals surface area contributed by atoms with E-state index in [1.165, 1.54) is 22.5 Å². The van der Waals surface area contributed by atoms with Crippen LogP contribution in [0, 0.1) is 0 Å². The molecule has 0 atom stereocenters. The van der Waals surface area contributed by atoms with Gasteiger partial charge in [-0.25, -0.2) is 0 Å². The van der Waals surface area contributed by atoms with Crippen LogP contribution >= 0.6 is 0 Å². The first kappa shape index (κ1) is 20.0. The molecule has 1 aliphatic heterocycles. The number of pyridine rings is 2. The Morgan fingerprint density at radius 1 is 0.657 bits per heavy atom. The van der Waals surface area contributed by atoms with Crippen molar-refractivity contribution in [2.45, 2.75) is 19.3 Å². The Balaban J connectivity index is 1.49.